The van der Waals surface area contributed by atoms with Gasteiger partial charge in [-0.3, -0.25) is 4.98 Å². The van der Waals surface area contributed by atoms with Gasteiger partial charge in [-0.05, 0) is 12.1 Å². The third-order valence-electron chi connectivity index (χ3n) is 1.81. The molecular weight excluding hydrogens is 194 g/mol. The molecule has 0 atom stereocenters. The lowest BCUT2D eigenvalue weighted by Gasteiger charge is -2.00. The van der Waals surface area contributed by atoms with Gasteiger partial charge in [0.2, 0.25) is 5.89 Å². The summed E-state index contributed by atoms with van der Waals surface area (Å²) in [6, 6.07) is 3.63. The van der Waals surface area contributed by atoms with E-state index in [1.807, 2.05) is 13.0 Å². The second kappa shape index (κ2) is 4.54. The second-order valence-electron chi connectivity index (χ2n) is 2.92. The monoisotopic (exact) mass is 205 g/mol. The Balaban J connectivity index is 1.93. The van der Waals surface area contributed by atoms with E-state index in [9.17, 15) is 0 Å². The molecule has 0 unspecified atom stereocenters. The van der Waals surface area contributed by atoms with Gasteiger partial charge in [-0.2, -0.15) is 0 Å². The number of hydrogen-bond acceptors (Lipinski definition) is 5. The van der Waals surface area contributed by atoms with Gasteiger partial charge in [-0.15, -0.1) is 10.2 Å². The highest BCUT2D eigenvalue weighted by Crippen LogP contribution is 2.09. The normalized spacial score (nSPS) is 10.2. The van der Waals surface area contributed by atoms with Gasteiger partial charge in [0, 0.05) is 12.6 Å². The van der Waals surface area contributed by atoms with Gasteiger partial charge in [0.1, 0.15) is 5.75 Å². The van der Waals surface area contributed by atoms with Crippen LogP contribution in [-0.2, 0) is 13.0 Å². The Labute approximate surface area is 87.1 Å². The van der Waals surface area contributed by atoms with Crippen molar-refractivity contribution in [2.75, 3.05) is 0 Å². The zero-order valence-corrected chi connectivity index (χ0v) is 8.38. The average Bonchev–Trinajstić information content (AvgIpc) is 2.76. The van der Waals surface area contributed by atoms with Crippen molar-refractivity contribution in [1.29, 1.82) is 0 Å². The molecule has 0 bridgehead atoms. The van der Waals surface area contributed by atoms with Gasteiger partial charge in [0.05, 0.1) is 6.20 Å². The molecule has 0 aromatic carbocycles. The van der Waals surface area contributed by atoms with Gasteiger partial charge < -0.3 is 9.15 Å². The third kappa shape index (κ3) is 2.52. The summed E-state index contributed by atoms with van der Waals surface area (Å²) in [5, 5.41) is 7.67. The van der Waals surface area contributed by atoms with E-state index >= 15 is 0 Å². The molecule has 5 heteroatoms. The number of rotatable bonds is 4. The smallest absolute Gasteiger partial charge is 0.253 e. The SMILES string of the molecule is CCc1nnc(COc2cccnc2)o1. The minimum absolute atomic E-state index is 0.276. The summed E-state index contributed by atoms with van der Waals surface area (Å²) >= 11 is 0. The van der Waals surface area contributed by atoms with Crippen LogP contribution >= 0.6 is 0 Å². The van der Waals surface area contributed by atoms with Crippen LogP contribution in [0.15, 0.2) is 28.9 Å². The molecule has 78 valence electrons. The predicted octanol–water partition coefficient (Wildman–Crippen LogP) is 1.61. The van der Waals surface area contributed by atoms with E-state index in [1.54, 1.807) is 18.5 Å². The summed E-state index contributed by atoms with van der Waals surface area (Å²) in [4.78, 5) is 3.93. The van der Waals surface area contributed by atoms with Crippen LogP contribution in [0.5, 0.6) is 5.75 Å². The standard InChI is InChI=1S/C10H11N3O2/c1-2-9-12-13-10(15-9)7-14-8-4-3-5-11-6-8/h3-6H,2,7H2,1H3. The maximum absolute atomic E-state index is 5.39. The van der Waals surface area contributed by atoms with Gasteiger partial charge in [0.25, 0.3) is 5.89 Å². The van der Waals surface area contributed by atoms with Crippen molar-refractivity contribution in [1.82, 2.24) is 15.2 Å². The minimum Gasteiger partial charge on any atom is -0.482 e. The lowest BCUT2D eigenvalue weighted by molar-refractivity contribution is 0.258. The molecule has 0 saturated heterocycles. The van der Waals surface area contributed by atoms with E-state index in [4.69, 9.17) is 9.15 Å². The molecule has 0 aliphatic rings. The molecule has 0 saturated carbocycles. The molecule has 0 aliphatic carbocycles. The van der Waals surface area contributed by atoms with Crippen molar-refractivity contribution in [2.45, 2.75) is 20.0 Å². The van der Waals surface area contributed by atoms with E-state index in [-0.39, 0.29) is 6.61 Å². The van der Waals surface area contributed by atoms with E-state index < -0.39 is 0 Å². The van der Waals surface area contributed by atoms with Crippen LogP contribution in [0.25, 0.3) is 0 Å². The van der Waals surface area contributed by atoms with Gasteiger partial charge in [-0.25, -0.2) is 0 Å². The number of aromatic nitrogens is 3. The van der Waals surface area contributed by atoms with Crippen LogP contribution in [0, 0.1) is 0 Å². The van der Waals surface area contributed by atoms with Crippen molar-refractivity contribution < 1.29 is 9.15 Å². The Hall–Kier alpha value is -1.91. The molecule has 15 heavy (non-hydrogen) atoms. The molecule has 0 N–H and O–H groups in total. The summed E-state index contributed by atoms with van der Waals surface area (Å²) in [7, 11) is 0. The van der Waals surface area contributed by atoms with E-state index in [0.717, 1.165) is 6.42 Å². The molecule has 5 nitrogen and oxygen atoms in total. The van der Waals surface area contributed by atoms with Crippen molar-refractivity contribution >= 4 is 0 Å². The molecule has 2 aromatic rings. The Morgan fingerprint density at radius 3 is 2.87 bits per heavy atom. The number of aryl methyl sites for hydroxylation is 1. The number of nitrogens with zero attached hydrogens (tertiary/aromatic N) is 3. The predicted molar refractivity (Wildman–Crippen MR) is 52.2 cm³/mol. The van der Waals surface area contributed by atoms with Crippen molar-refractivity contribution in [3.63, 3.8) is 0 Å². The summed E-state index contributed by atoms with van der Waals surface area (Å²) in [5.41, 5.74) is 0. The summed E-state index contributed by atoms with van der Waals surface area (Å²) in [5.74, 6) is 1.80. The zero-order chi connectivity index (χ0) is 10.5. The van der Waals surface area contributed by atoms with Crippen LogP contribution in [0.2, 0.25) is 0 Å². The molecule has 0 spiro atoms. The fraction of sp³-hybridized carbons (Fsp3) is 0.300. The Morgan fingerprint density at radius 1 is 1.33 bits per heavy atom. The highest BCUT2D eigenvalue weighted by Gasteiger charge is 2.04. The summed E-state index contributed by atoms with van der Waals surface area (Å²) in [6.07, 6.45) is 4.06. The lowest BCUT2D eigenvalue weighted by Crippen LogP contribution is -1.95. The first-order valence-electron chi connectivity index (χ1n) is 4.72. The van der Waals surface area contributed by atoms with E-state index in [1.165, 1.54) is 0 Å². The van der Waals surface area contributed by atoms with Gasteiger partial charge >= 0.3 is 0 Å². The lowest BCUT2D eigenvalue weighted by atomic mass is 10.5. The first-order chi connectivity index (χ1) is 7.38. The maximum Gasteiger partial charge on any atom is 0.253 e. The third-order valence-corrected chi connectivity index (χ3v) is 1.81. The number of pyridine rings is 1. The second-order valence-corrected chi connectivity index (χ2v) is 2.92. The quantitative estimate of drug-likeness (QED) is 0.758. The molecule has 2 rings (SSSR count). The van der Waals surface area contributed by atoms with Crippen LogP contribution < -0.4 is 4.74 Å². The van der Waals surface area contributed by atoms with Crippen LogP contribution in [0.4, 0.5) is 0 Å². The van der Waals surface area contributed by atoms with Crippen LogP contribution in [0.3, 0.4) is 0 Å². The van der Waals surface area contributed by atoms with Gasteiger partial charge in [-0.1, -0.05) is 6.92 Å². The topological polar surface area (TPSA) is 61.0 Å². The van der Waals surface area contributed by atoms with Crippen LogP contribution in [0.1, 0.15) is 18.7 Å². The van der Waals surface area contributed by atoms with Crippen molar-refractivity contribution in [3.8, 4) is 5.75 Å². The largest absolute Gasteiger partial charge is 0.482 e. The highest BCUT2D eigenvalue weighted by atomic mass is 16.5. The molecule has 0 amide bonds. The molecule has 2 aromatic heterocycles. The molecule has 0 radical (unpaired) electrons. The van der Waals surface area contributed by atoms with Crippen molar-refractivity contribution in [2.24, 2.45) is 0 Å². The molecule has 0 fully saturated rings. The number of ether oxygens (including phenoxy) is 1. The molecule has 0 aliphatic heterocycles. The summed E-state index contributed by atoms with van der Waals surface area (Å²) < 4.78 is 10.7. The first-order valence-corrected chi connectivity index (χ1v) is 4.72. The highest BCUT2D eigenvalue weighted by molar-refractivity contribution is 5.15. The van der Waals surface area contributed by atoms with E-state index in [2.05, 4.69) is 15.2 Å². The summed E-state index contributed by atoms with van der Waals surface area (Å²) in [6.45, 7) is 2.23. The molecular formula is C10H11N3O2. The number of hydrogen-bond donors (Lipinski definition) is 0. The fourth-order valence-electron chi connectivity index (χ4n) is 1.07. The fourth-order valence-corrected chi connectivity index (χ4v) is 1.07. The zero-order valence-electron chi connectivity index (χ0n) is 8.38. The Morgan fingerprint density at radius 2 is 2.20 bits per heavy atom. The van der Waals surface area contributed by atoms with E-state index in [0.29, 0.717) is 17.5 Å². The minimum atomic E-state index is 0.276. The Bertz CT molecular complexity index is 414. The van der Waals surface area contributed by atoms with Crippen LogP contribution in [-0.4, -0.2) is 15.2 Å². The average molecular weight is 205 g/mol. The maximum atomic E-state index is 5.39. The first kappa shape index (κ1) is 9.64. The van der Waals surface area contributed by atoms with Crippen molar-refractivity contribution in [3.05, 3.63) is 36.3 Å². The Kier molecular flexibility index (Phi) is 2.92. The molecule has 2 heterocycles. The van der Waals surface area contributed by atoms with Gasteiger partial charge in [0.15, 0.2) is 6.61 Å².